The van der Waals surface area contributed by atoms with E-state index in [4.69, 9.17) is 9.97 Å². The summed E-state index contributed by atoms with van der Waals surface area (Å²) in [6.45, 7) is 10.3. The molecule has 2 N–H and O–H groups in total. The smallest absolute Gasteiger partial charge is 0.337 e. The normalized spacial score (nSPS) is 19.7. The summed E-state index contributed by atoms with van der Waals surface area (Å²) in [7, 11) is 0. The van der Waals surface area contributed by atoms with Crippen LogP contribution in [0.4, 0.5) is 11.6 Å². The molecule has 2 aliphatic carbocycles. The molecule has 39 heavy (non-hydrogen) atoms. The first-order valence-corrected chi connectivity index (χ1v) is 14.5. The second-order valence-electron chi connectivity index (χ2n) is 12.3. The Bertz CT molecular complexity index is 1210. The third kappa shape index (κ3) is 6.17. The highest BCUT2D eigenvalue weighted by atomic mass is 16.4. The van der Waals surface area contributed by atoms with Gasteiger partial charge in [0, 0.05) is 26.2 Å². The fourth-order valence-corrected chi connectivity index (χ4v) is 6.21. The Kier molecular flexibility index (Phi) is 7.78. The molecule has 0 unspecified atom stereocenters. The van der Waals surface area contributed by atoms with E-state index in [1.165, 1.54) is 44.9 Å². The third-order valence-electron chi connectivity index (χ3n) is 8.59. The summed E-state index contributed by atoms with van der Waals surface area (Å²) in [6, 6.07) is 1.83. The van der Waals surface area contributed by atoms with E-state index in [-0.39, 0.29) is 11.5 Å². The zero-order chi connectivity index (χ0) is 27.7. The topological polar surface area (TPSA) is 112 Å². The summed E-state index contributed by atoms with van der Waals surface area (Å²) in [6.07, 6.45) is 11.5. The van der Waals surface area contributed by atoms with Crippen molar-refractivity contribution in [1.82, 2.24) is 19.9 Å². The van der Waals surface area contributed by atoms with Crippen LogP contribution in [0, 0.1) is 25.7 Å². The minimum Gasteiger partial charge on any atom is -0.478 e. The van der Waals surface area contributed by atoms with Crippen molar-refractivity contribution in [3.05, 3.63) is 40.5 Å². The Labute approximate surface area is 231 Å². The summed E-state index contributed by atoms with van der Waals surface area (Å²) >= 11 is 0. The first-order valence-electron chi connectivity index (χ1n) is 14.5. The highest BCUT2D eigenvalue weighted by Crippen LogP contribution is 2.34. The number of rotatable bonds is 8. The molecule has 2 saturated carbocycles. The van der Waals surface area contributed by atoms with Gasteiger partial charge in [-0.25, -0.2) is 19.7 Å². The van der Waals surface area contributed by atoms with Crippen LogP contribution in [-0.2, 0) is 6.42 Å². The fraction of sp³-hybridized carbons (Fsp3) is 0.633. The fourth-order valence-electron chi connectivity index (χ4n) is 6.21. The van der Waals surface area contributed by atoms with Gasteiger partial charge >= 0.3 is 5.97 Å². The van der Waals surface area contributed by atoms with Crippen molar-refractivity contribution in [2.75, 3.05) is 36.4 Å². The number of carbonyl (C=O) groups is 2. The Morgan fingerprint density at radius 2 is 1.79 bits per heavy atom. The zero-order valence-corrected chi connectivity index (χ0v) is 23.8. The number of aryl methyl sites for hydroxylation is 2. The molecule has 1 amide bonds. The number of aromatic carboxylic acids is 1. The lowest BCUT2D eigenvalue weighted by atomic mass is 9.89. The molecule has 2 aromatic heterocycles. The molecule has 0 atom stereocenters. The quantitative estimate of drug-likeness (QED) is 0.493. The van der Waals surface area contributed by atoms with Gasteiger partial charge in [-0.15, -0.1) is 0 Å². The van der Waals surface area contributed by atoms with Gasteiger partial charge in [-0.3, -0.25) is 4.79 Å². The monoisotopic (exact) mass is 534 g/mol. The number of carboxylic acid groups (broad SMARTS) is 1. The number of pyridine rings is 1. The number of hydrogen-bond acceptors (Lipinski definition) is 7. The number of nitrogens with zero attached hydrogens (tertiary/aromatic N) is 5. The van der Waals surface area contributed by atoms with Gasteiger partial charge < -0.3 is 20.2 Å². The highest BCUT2D eigenvalue weighted by Gasteiger charge is 2.39. The number of carbonyl (C=O) groups excluding carboxylic acids is 1. The Hall–Kier alpha value is -3.23. The molecule has 3 heterocycles. The minimum atomic E-state index is -0.961. The predicted octanol–water partition coefficient (Wildman–Crippen LogP) is 4.87. The molecule has 0 radical (unpaired) electrons. The number of hydrogen-bond donors (Lipinski definition) is 2. The van der Waals surface area contributed by atoms with Crippen LogP contribution in [0.2, 0.25) is 0 Å². The molecule has 3 fully saturated rings. The maximum atomic E-state index is 13.8. The minimum absolute atomic E-state index is 0.0930. The maximum Gasteiger partial charge on any atom is 0.337 e. The van der Waals surface area contributed by atoms with Gasteiger partial charge in [0.1, 0.15) is 17.3 Å². The van der Waals surface area contributed by atoms with Crippen LogP contribution < -0.4 is 10.2 Å². The molecule has 0 bridgehead atoms. The Morgan fingerprint density at radius 1 is 1.05 bits per heavy atom. The van der Waals surface area contributed by atoms with Gasteiger partial charge in [0.05, 0.1) is 28.7 Å². The molecular weight excluding hydrogens is 492 g/mol. The first kappa shape index (κ1) is 27.3. The summed E-state index contributed by atoms with van der Waals surface area (Å²) in [5.74, 6) is 1.87. The van der Waals surface area contributed by atoms with Gasteiger partial charge in [0.2, 0.25) is 0 Å². The predicted molar refractivity (Wildman–Crippen MR) is 152 cm³/mol. The van der Waals surface area contributed by atoms with Crippen molar-refractivity contribution in [3.8, 4) is 0 Å². The third-order valence-corrected chi connectivity index (χ3v) is 8.59. The van der Waals surface area contributed by atoms with Crippen molar-refractivity contribution in [2.45, 2.75) is 84.6 Å². The van der Waals surface area contributed by atoms with Crippen molar-refractivity contribution in [1.29, 1.82) is 0 Å². The van der Waals surface area contributed by atoms with Gasteiger partial charge in [-0.05, 0) is 83.3 Å². The molecule has 0 spiro atoms. The Morgan fingerprint density at radius 3 is 2.44 bits per heavy atom. The standard InChI is InChI=1S/C30H42N6O3/c1-19-14-25(33-20(2)26(19)29(38)39)35-12-13-36(30(3,4)18-35)28(37)24-17-32-27(23(34-24)15-21-10-11-21)31-16-22-8-6-5-7-9-22/h14,17,21-22H,5-13,15-16,18H2,1-4H3,(H,31,32)(H,38,39). The van der Waals surface area contributed by atoms with Gasteiger partial charge in [-0.1, -0.05) is 19.3 Å². The molecule has 2 aromatic rings. The summed E-state index contributed by atoms with van der Waals surface area (Å²) in [5.41, 5.74) is 2.31. The highest BCUT2D eigenvalue weighted by molar-refractivity contribution is 5.93. The molecule has 210 valence electrons. The molecule has 0 aromatic carbocycles. The van der Waals surface area contributed by atoms with E-state index in [0.717, 1.165) is 30.3 Å². The van der Waals surface area contributed by atoms with E-state index < -0.39 is 11.5 Å². The maximum absolute atomic E-state index is 13.8. The molecule has 1 aliphatic heterocycles. The van der Waals surface area contributed by atoms with Crippen molar-refractivity contribution in [2.24, 2.45) is 11.8 Å². The van der Waals surface area contributed by atoms with Crippen LogP contribution in [0.25, 0.3) is 0 Å². The lowest BCUT2D eigenvalue weighted by Crippen LogP contribution is -2.61. The Balaban J connectivity index is 1.30. The van der Waals surface area contributed by atoms with Gasteiger partial charge in [-0.2, -0.15) is 0 Å². The average molecular weight is 535 g/mol. The molecule has 5 rings (SSSR count). The van der Waals surface area contributed by atoms with Crippen LogP contribution in [0.3, 0.4) is 0 Å². The van der Waals surface area contributed by atoms with Crippen molar-refractivity contribution < 1.29 is 14.7 Å². The SMILES string of the molecule is Cc1cc(N2CCN(C(=O)c3cnc(NCC4CCCCC4)c(CC4CC4)n3)C(C)(C)C2)nc(C)c1C(=O)O. The van der Waals surface area contributed by atoms with Crippen LogP contribution >= 0.6 is 0 Å². The van der Waals surface area contributed by atoms with E-state index in [1.54, 1.807) is 20.0 Å². The van der Waals surface area contributed by atoms with E-state index >= 15 is 0 Å². The lowest BCUT2D eigenvalue weighted by molar-refractivity contribution is 0.0506. The number of anilines is 2. The van der Waals surface area contributed by atoms with E-state index in [1.807, 2.05) is 11.0 Å². The summed E-state index contributed by atoms with van der Waals surface area (Å²) in [5, 5.41) is 13.1. The van der Waals surface area contributed by atoms with E-state index in [9.17, 15) is 14.7 Å². The zero-order valence-electron chi connectivity index (χ0n) is 23.8. The second kappa shape index (κ2) is 11.1. The largest absolute Gasteiger partial charge is 0.478 e. The molecule has 9 heteroatoms. The van der Waals surface area contributed by atoms with Crippen LogP contribution in [0.5, 0.6) is 0 Å². The molecular formula is C30H42N6O3. The number of nitrogens with one attached hydrogen (secondary N) is 1. The summed E-state index contributed by atoms with van der Waals surface area (Å²) in [4.78, 5) is 43.6. The first-order chi connectivity index (χ1) is 18.6. The lowest BCUT2D eigenvalue weighted by Gasteiger charge is -2.47. The summed E-state index contributed by atoms with van der Waals surface area (Å²) < 4.78 is 0. The van der Waals surface area contributed by atoms with Crippen LogP contribution in [0.15, 0.2) is 12.3 Å². The number of piperazine rings is 1. The molecule has 9 nitrogen and oxygen atoms in total. The number of amides is 1. The van der Waals surface area contributed by atoms with Crippen LogP contribution in [-0.4, -0.2) is 68.6 Å². The number of aromatic nitrogens is 3. The molecule has 3 aliphatic rings. The van der Waals surface area contributed by atoms with Gasteiger partial charge in [0.25, 0.3) is 5.91 Å². The average Bonchev–Trinajstić information content (AvgIpc) is 3.71. The number of carboxylic acids is 1. The second-order valence-corrected chi connectivity index (χ2v) is 12.3. The van der Waals surface area contributed by atoms with Crippen molar-refractivity contribution >= 4 is 23.5 Å². The van der Waals surface area contributed by atoms with E-state index in [0.29, 0.717) is 48.4 Å². The van der Waals surface area contributed by atoms with E-state index in [2.05, 4.69) is 29.0 Å². The van der Waals surface area contributed by atoms with Crippen LogP contribution in [0.1, 0.15) is 96.6 Å². The van der Waals surface area contributed by atoms with Gasteiger partial charge in [0.15, 0.2) is 0 Å². The molecule has 1 saturated heterocycles. The van der Waals surface area contributed by atoms with Crippen molar-refractivity contribution in [3.63, 3.8) is 0 Å².